The standard InChI is InChI=1S/C18H23FN2O2/c1-20-16(22)10-9-14(18(23)21-11-5-2-6-12-21)17(20)13-7-3-4-8-15(13)19/h3-4,7-8,14,17H,2,5-6,9-12H2,1H3/t14-,17+/m1/s1. The van der Waals surface area contributed by atoms with Crippen molar-refractivity contribution in [1.29, 1.82) is 0 Å². The molecule has 2 heterocycles. The maximum Gasteiger partial charge on any atom is 0.228 e. The molecule has 4 nitrogen and oxygen atoms in total. The Balaban J connectivity index is 1.91. The van der Waals surface area contributed by atoms with Crippen molar-refractivity contribution in [3.8, 4) is 0 Å². The third-order valence-electron chi connectivity index (χ3n) is 5.07. The second-order valence-electron chi connectivity index (χ2n) is 6.50. The molecule has 2 amide bonds. The number of hydrogen-bond acceptors (Lipinski definition) is 2. The van der Waals surface area contributed by atoms with E-state index in [2.05, 4.69) is 0 Å². The van der Waals surface area contributed by atoms with Gasteiger partial charge in [-0.15, -0.1) is 0 Å². The molecule has 2 saturated heterocycles. The van der Waals surface area contributed by atoms with E-state index in [0.717, 1.165) is 32.4 Å². The number of nitrogens with zero attached hydrogens (tertiary/aromatic N) is 2. The molecule has 2 aliphatic rings. The summed E-state index contributed by atoms with van der Waals surface area (Å²) in [5, 5.41) is 0. The molecule has 0 bridgehead atoms. The Labute approximate surface area is 136 Å². The molecule has 0 saturated carbocycles. The van der Waals surface area contributed by atoms with Crippen LogP contribution in [-0.2, 0) is 9.59 Å². The summed E-state index contributed by atoms with van der Waals surface area (Å²) in [6, 6.07) is 5.96. The minimum absolute atomic E-state index is 0.0269. The van der Waals surface area contributed by atoms with Crippen LogP contribution in [0, 0.1) is 11.7 Å². The quantitative estimate of drug-likeness (QED) is 0.841. The lowest BCUT2D eigenvalue weighted by Crippen LogP contribution is -2.49. The van der Waals surface area contributed by atoms with Crippen LogP contribution in [0.4, 0.5) is 4.39 Å². The van der Waals surface area contributed by atoms with E-state index < -0.39 is 6.04 Å². The molecule has 2 aliphatic heterocycles. The topological polar surface area (TPSA) is 40.6 Å². The third kappa shape index (κ3) is 3.09. The number of halogens is 1. The summed E-state index contributed by atoms with van der Waals surface area (Å²) >= 11 is 0. The number of rotatable bonds is 2. The monoisotopic (exact) mass is 318 g/mol. The van der Waals surface area contributed by atoms with Crippen molar-refractivity contribution in [2.45, 2.75) is 38.1 Å². The molecule has 0 N–H and O–H groups in total. The zero-order valence-electron chi connectivity index (χ0n) is 13.5. The summed E-state index contributed by atoms with van der Waals surface area (Å²) in [5.74, 6) is -0.665. The molecule has 124 valence electrons. The zero-order chi connectivity index (χ0) is 16.4. The van der Waals surface area contributed by atoms with E-state index in [9.17, 15) is 14.0 Å². The van der Waals surface area contributed by atoms with E-state index in [1.807, 2.05) is 4.90 Å². The predicted molar refractivity (Wildman–Crippen MR) is 85.1 cm³/mol. The van der Waals surface area contributed by atoms with Gasteiger partial charge >= 0.3 is 0 Å². The van der Waals surface area contributed by atoms with E-state index in [4.69, 9.17) is 0 Å². The first kappa shape index (κ1) is 16.0. The second-order valence-corrected chi connectivity index (χ2v) is 6.50. The van der Waals surface area contributed by atoms with Crippen LogP contribution in [-0.4, -0.2) is 41.8 Å². The number of carbonyl (C=O) groups excluding carboxylic acids is 2. The SMILES string of the molecule is CN1C(=O)CC[C@@H](C(=O)N2CCCCC2)[C@@H]1c1ccccc1F. The Morgan fingerprint density at radius 2 is 1.87 bits per heavy atom. The molecule has 0 aliphatic carbocycles. The number of carbonyl (C=O) groups is 2. The Bertz CT molecular complexity index is 598. The highest BCUT2D eigenvalue weighted by molar-refractivity contribution is 5.85. The zero-order valence-corrected chi connectivity index (χ0v) is 13.5. The fraction of sp³-hybridized carbons (Fsp3) is 0.556. The smallest absolute Gasteiger partial charge is 0.228 e. The molecule has 2 fully saturated rings. The first-order valence-corrected chi connectivity index (χ1v) is 8.38. The summed E-state index contributed by atoms with van der Waals surface area (Å²) in [6.45, 7) is 1.55. The average molecular weight is 318 g/mol. The lowest BCUT2D eigenvalue weighted by molar-refractivity contribution is -0.147. The van der Waals surface area contributed by atoms with Gasteiger partial charge in [-0.3, -0.25) is 9.59 Å². The normalized spacial score (nSPS) is 25.6. The van der Waals surface area contributed by atoms with Gasteiger partial charge in [0.15, 0.2) is 0 Å². The van der Waals surface area contributed by atoms with E-state index in [-0.39, 0.29) is 23.5 Å². The third-order valence-corrected chi connectivity index (χ3v) is 5.07. The lowest BCUT2D eigenvalue weighted by Gasteiger charge is -2.41. The van der Waals surface area contributed by atoms with Crippen LogP contribution < -0.4 is 0 Å². The highest BCUT2D eigenvalue weighted by Gasteiger charge is 2.41. The van der Waals surface area contributed by atoms with Gasteiger partial charge in [-0.05, 0) is 31.7 Å². The van der Waals surface area contributed by atoms with Gasteiger partial charge in [0.25, 0.3) is 0 Å². The summed E-state index contributed by atoms with van der Waals surface area (Å²) < 4.78 is 14.3. The molecule has 0 aromatic heterocycles. The summed E-state index contributed by atoms with van der Waals surface area (Å²) in [4.78, 5) is 28.5. The Kier molecular flexibility index (Phi) is 4.64. The maximum atomic E-state index is 14.3. The average Bonchev–Trinajstić information content (AvgIpc) is 2.58. The Morgan fingerprint density at radius 1 is 1.17 bits per heavy atom. The second kappa shape index (κ2) is 6.69. The fourth-order valence-corrected chi connectivity index (χ4v) is 3.79. The van der Waals surface area contributed by atoms with Crippen LogP contribution in [0.15, 0.2) is 24.3 Å². The highest BCUT2D eigenvalue weighted by atomic mass is 19.1. The summed E-state index contributed by atoms with van der Waals surface area (Å²) in [6.07, 6.45) is 4.06. The maximum absolute atomic E-state index is 14.3. The highest BCUT2D eigenvalue weighted by Crippen LogP contribution is 2.38. The molecule has 23 heavy (non-hydrogen) atoms. The number of amides is 2. The van der Waals surface area contributed by atoms with Gasteiger partial charge in [0.2, 0.25) is 11.8 Å². The first-order chi connectivity index (χ1) is 11.1. The molecule has 0 spiro atoms. The van der Waals surface area contributed by atoms with E-state index in [1.165, 1.54) is 6.07 Å². The van der Waals surface area contributed by atoms with Crippen molar-refractivity contribution in [1.82, 2.24) is 9.80 Å². The van der Waals surface area contributed by atoms with Crippen LogP contribution >= 0.6 is 0 Å². The molecular weight excluding hydrogens is 295 g/mol. The fourth-order valence-electron chi connectivity index (χ4n) is 3.79. The van der Waals surface area contributed by atoms with Gasteiger partial charge in [0.1, 0.15) is 5.82 Å². The van der Waals surface area contributed by atoms with Crippen LogP contribution in [0.2, 0.25) is 0 Å². The minimum Gasteiger partial charge on any atom is -0.342 e. The van der Waals surface area contributed by atoms with Crippen molar-refractivity contribution in [3.05, 3.63) is 35.6 Å². The molecule has 2 atom stereocenters. The Morgan fingerprint density at radius 3 is 2.57 bits per heavy atom. The largest absolute Gasteiger partial charge is 0.342 e. The number of piperidine rings is 2. The van der Waals surface area contributed by atoms with Crippen molar-refractivity contribution < 1.29 is 14.0 Å². The molecule has 1 aromatic rings. The lowest BCUT2D eigenvalue weighted by atomic mass is 9.83. The van der Waals surface area contributed by atoms with Gasteiger partial charge in [-0.2, -0.15) is 0 Å². The van der Waals surface area contributed by atoms with Crippen molar-refractivity contribution in [2.24, 2.45) is 5.92 Å². The van der Waals surface area contributed by atoms with Gasteiger partial charge in [0, 0.05) is 32.1 Å². The predicted octanol–water partition coefficient (Wildman–Crippen LogP) is 2.75. The summed E-state index contributed by atoms with van der Waals surface area (Å²) in [5.41, 5.74) is 0.443. The number of hydrogen-bond donors (Lipinski definition) is 0. The van der Waals surface area contributed by atoms with Gasteiger partial charge < -0.3 is 9.80 Å². The Hall–Kier alpha value is -1.91. The number of likely N-dealkylation sites (tertiary alicyclic amines) is 2. The van der Waals surface area contributed by atoms with Crippen molar-refractivity contribution in [3.63, 3.8) is 0 Å². The summed E-state index contributed by atoms with van der Waals surface area (Å²) in [7, 11) is 1.68. The van der Waals surface area contributed by atoms with Crippen molar-refractivity contribution >= 4 is 11.8 Å². The van der Waals surface area contributed by atoms with E-state index >= 15 is 0 Å². The first-order valence-electron chi connectivity index (χ1n) is 8.38. The minimum atomic E-state index is -0.508. The molecule has 1 aromatic carbocycles. The van der Waals surface area contributed by atoms with Gasteiger partial charge in [0.05, 0.1) is 12.0 Å². The van der Waals surface area contributed by atoms with E-state index in [1.54, 1.807) is 30.1 Å². The van der Waals surface area contributed by atoms with Crippen LogP contribution in [0.25, 0.3) is 0 Å². The van der Waals surface area contributed by atoms with Crippen LogP contribution in [0.5, 0.6) is 0 Å². The molecule has 0 unspecified atom stereocenters. The van der Waals surface area contributed by atoms with Crippen LogP contribution in [0.1, 0.15) is 43.7 Å². The van der Waals surface area contributed by atoms with Gasteiger partial charge in [-0.1, -0.05) is 18.2 Å². The molecular formula is C18H23FN2O2. The van der Waals surface area contributed by atoms with Crippen LogP contribution in [0.3, 0.4) is 0 Å². The number of benzene rings is 1. The van der Waals surface area contributed by atoms with Crippen molar-refractivity contribution in [2.75, 3.05) is 20.1 Å². The molecule has 0 radical (unpaired) electrons. The molecule has 3 rings (SSSR count). The molecule has 5 heteroatoms. The van der Waals surface area contributed by atoms with E-state index in [0.29, 0.717) is 18.4 Å². The van der Waals surface area contributed by atoms with Gasteiger partial charge in [-0.25, -0.2) is 4.39 Å².